The van der Waals surface area contributed by atoms with Crippen LogP contribution in [-0.4, -0.2) is 43.0 Å². The van der Waals surface area contributed by atoms with Crippen molar-refractivity contribution in [3.05, 3.63) is 0 Å². The molecule has 1 heterocycles. The summed E-state index contributed by atoms with van der Waals surface area (Å²) in [6, 6.07) is 0.448. The van der Waals surface area contributed by atoms with Crippen LogP contribution in [0.4, 0.5) is 0 Å². The number of nitrogens with two attached hydrogens (primary N) is 1. The first-order chi connectivity index (χ1) is 8.28. The van der Waals surface area contributed by atoms with E-state index in [0.717, 1.165) is 32.5 Å². The Morgan fingerprint density at radius 2 is 1.78 bits per heavy atom. The van der Waals surface area contributed by atoms with Gasteiger partial charge in [-0.15, -0.1) is 12.4 Å². The monoisotopic (exact) mass is 275 g/mol. The fourth-order valence-corrected chi connectivity index (χ4v) is 2.93. The standard InChI is InChI=1S/C13H25N3O.ClH/c14-9-11-5-7-16(8-6-11)10-13(17)15-12-3-1-2-4-12;/h11-12H,1-10,14H2,(H,15,17);1H. The van der Waals surface area contributed by atoms with Crippen LogP contribution in [0.15, 0.2) is 0 Å². The fourth-order valence-electron chi connectivity index (χ4n) is 2.93. The van der Waals surface area contributed by atoms with Crippen LogP contribution in [0.3, 0.4) is 0 Å². The van der Waals surface area contributed by atoms with Gasteiger partial charge in [0.25, 0.3) is 0 Å². The summed E-state index contributed by atoms with van der Waals surface area (Å²) in [7, 11) is 0. The summed E-state index contributed by atoms with van der Waals surface area (Å²) in [5.41, 5.74) is 5.66. The van der Waals surface area contributed by atoms with Gasteiger partial charge in [0.2, 0.25) is 5.91 Å². The van der Waals surface area contributed by atoms with E-state index in [9.17, 15) is 4.79 Å². The zero-order chi connectivity index (χ0) is 12.1. The first-order valence-corrected chi connectivity index (χ1v) is 6.99. The second-order valence-corrected chi connectivity index (χ2v) is 5.50. The van der Waals surface area contributed by atoms with E-state index in [-0.39, 0.29) is 18.3 Å². The first-order valence-electron chi connectivity index (χ1n) is 6.99. The maximum atomic E-state index is 11.8. The molecule has 0 atom stereocenters. The Morgan fingerprint density at radius 1 is 1.17 bits per heavy atom. The van der Waals surface area contributed by atoms with E-state index in [1.54, 1.807) is 0 Å². The third-order valence-electron chi connectivity index (χ3n) is 4.13. The zero-order valence-electron chi connectivity index (χ0n) is 11.1. The van der Waals surface area contributed by atoms with Crippen molar-refractivity contribution in [2.45, 2.75) is 44.6 Å². The number of carbonyl (C=O) groups excluding carboxylic acids is 1. The number of halogens is 1. The van der Waals surface area contributed by atoms with Gasteiger partial charge in [-0.2, -0.15) is 0 Å². The Labute approximate surface area is 116 Å². The Bertz CT molecular complexity index is 249. The van der Waals surface area contributed by atoms with Crippen molar-refractivity contribution < 1.29 is 4.79 Å². The van der Waals surface area contributed by atoms with E-state index in [1.807, 2.05) is 0 Å². The summed E-state index contributed by atoms with van der Waals surface area (Å²) >= 11 is 0. The van der Waals surface area contributed by atoms with Gasteiger partial charge >= 0.3 is 0 Å². The van der Waals surface area contributed by atoms with Crippen LogP contribution >= 0.6 is 12.4 Å². The van der Waals surface area contributed by atoms with E-state index >= 15 is 0 Å². The number of nitrogens with one attached hydrogen (secondary N) is 1. The minimum Gasteiger partial charge on any atom is -0.352 e. The van der Waals surface area contributed by atoms with Crippen molar-refractivity contribution in [2.75, 3.05) is 26.2 Å². The smallest absolute Gasteiger partial charge is 0.234 e. The van der Waals surface area contributed by atoms with Crippen LogP contribution in [0.1, 0.15) is 38.5 Å². The molecule has 1 saturated heterocycles. The van der Waals surface area contributed by atoms with Crippen molar-refractivity contribution in [3.8, 4) is 0 Å². The summed E-state index contributed by atoms with van der Waals surface area (Å²) < 4.78 is 0. The SMILES string of the molecule is Cl.NCC1CCN(CC(=O)NC2CCCC2)CC1. The zero-order valence-corrected chi connectivity index (χ0v) is 11.9. The maximum Gasteiger partial charge on any atom is 0.234 e. The van der Waals surface area contributed by atoms with E-state index in [1.165, 1.54) is 25.7 Å². The van der Waals surface area contributed by atoms with E-state index in [0.29, 0.717) is 18.5 Å². The number of piperidine rings is 1. The number of rotatable bonds is 4. The van der Waals surface area contributed by atoms with Gasteiger partial charge in [-0.3, -0.25) is 9.69 Å². The first kappa shape index (κ1) is 15.7. The molecule has 0 bridgehead atoms. The molecule has 1 aliphatic heterocycles. The summed E-state index contributed by atoms with van der Waals surface area (Å²) in [6.45, 7) is 3.43. The molecule has 2 fully saturated rings. The van der Waals surface area contributed by atoms with E-state index in [2.05, 4.69) is 10.2 Å². The molecule has 106 valence electrons. The summed E-state index contributed by atoms with van der Waals surface area (Å²) in [6.07, 6.45) is 7.17. The van der Waals surface area contributed by atoms with Gasteiger partial charge in [0.1, 0.15) is 0 Å². The molecule has 3 N–H and O–H groups in total. The predicted octanol–water partition coefficient (Wildman–Crippen LogP) is 1.14. The topological polar surface area (TPSA) is 58.4 Å². The maximum absolute atomic E-state index is 11.8. The van der Waals surface area contributed by atoms with Crippen LogP contribution in [0, 0.1) is 5.92 Å². The molecule has 0 spiro atoms. The van der Waals surface area contributed by atoms with Crippen LogP contribution in [0.2, 0.25) is 0 Å². The van der Waals surface area contributed by atoms with Crippen molar-refractivity contribution in [1.29, 1.82) is 0 Å². The third kappa shape index (κ3) is 4.75. The van der Waals surface area contributed by atoms with Gasteiger partial charge in [-0.25, -0.2) is 0 Å². The molecule has 1 saturated carbocycles. The molecule has 2 rings (SSSR count). The average molecular weight is 276 g/mol. The fraction of sp³-hybridized carbons (Fsp3) is 0.923. The van der Waals surface area contributed by atoms with Gasteiger partial charge < -0.3 is 11.1 Å². The van der Waals surface area contributed by atoms with E-state index < -0.39 is 0 Å². The highest BCUT2D eigenvalue weighted by Gasteiger charge is 2.22. The lowest BCUT2D eigenvalue weighted by Crippen LogP contribution is -2.44. The second-order valence-electron chi connectivity index (χ2n) is 5.50. The average Bonchev–Trinajstić information content (AvgIpc) is 2.82. The molecule has 2 aliphatic rings. The molecule has 0 unspecified atom stereocenters. The van der Waals surface area contributed by atoms with Crippen LogP contribution in [0.25, 0.3) is 0 Å². The van der Waals surface area contributed by atoms with Gasteiger partial charge in [0.05, 0.1) is 6.54 Å². The Hall–Kier alpha value is -0.320. The molecule has 0 aromatic carbocycles. The lowest BCUT2D eigenvalue weighted by molar-refractivity contribution is -0.123. The third-order valence-corrected chi connectivity index (χ3v) is 4.13. The lowest BCUT2D eigenvalue weighted by atomic mass is 9.97. The highest BCUT2D eigenvalue weighted by atomic mass is 35.5. The molecule has 0 aromatic rings. The molecule has 18 heavy (non-hydrogen) atoms. The van der Waals surface area contributed by atoms with Crippen molar-refractivity contribution >= 4 is 18.3 Å². The molecule has 4 nitrogen and oxygen atoms in total. The minimum atomic E-state index is 0. The van der Waals surface area contributed by atoms with Crippen LogP contribution in [0.5, 0.6) is 0 Å². The quantitative estimate of drug-likeness (QED) is 0.809. The number of amides is 1. The van der Waals surface area contributed by atoms with Gasteiger partial charge in [0, 0.05) is 6.04 Å². The number of nitrogens with zero attached hydrogens (tertiary/aromatic N) is 1. The van der Waals surface area contributed by atoms with E-state index in [4.69, 9.17) is 5.73 Å². The number of hydrogen-bond acceptors (Lipinski definition) is 3. The molecule has 1 amide bonds. The highest BCUT2D eigenvalue weighted by Crippen LogP contribution is 2.18. The second kappa shape index (κ2) is 7.97. The minimum absolute atomic E-state index is 0. The molecule has 5 heteroatoms. The summed E-state index contributed by atoms with van der Waals surface area (Å²) in [4.78, 5) is 14.1. The van der Waals surface area contributed by atoms with Gasteiger partial charge in [0.15, 0.2) is 0 Å². The van der Waals surface area contributed by atoms with Crippen molar-refractivity contribution in [2.24, 2.45) is 11.7 Å². The number of likely N-dealkylation sites (tertiary alicyclic amines) is 1. The summed E-state index contributed by atoms with van der Waals surface area (Å²) in [5.74, 6) is 0.882. The molecule has 1 aliphatic carbocycles. The number of carbonyl (C=O) groups is 1. The largest absolute Gasteiger partial charge is 0.352 e. The summed E-state index contributed by atoms with van der Waals surface area (Å²) in [5, 5.41) is 3.15. The highest BCUT2D eigenvalue weighted by molar-refractivity contribution is 5.85. The predicted molar refractivity (Wildman–Crippen MR) is 75.9 cm³/mol. The Kier molecular flexibility index (Phi) is 6.97. The molecular weight excluding hydrogens is 250 g/mol. The van der Waals surface area contributed by atoms with Crippen LogP contribution in [-0.2, 0) is 4.79 Å². The van der Waals surface area contributed by atoms with Crippen molar-refractivity contribution in [1.82, 2.24) is 10.2 Å². The Morgan fingerprint density at radius 3 is 2.33 bits per heavy atom. The molecular formula is C13H26ClN3O. The molecule has 0 radical (unpaired) electrons. The Balaban J connectivity index is 0.00000162. The van der Waals surface area contributed by atoms with Crippen molar-refractivity contribution in [3.63, 3.8) is 0 Å². The molecule has 0 aromatic heterocycles. The number of hydrogen-bond donors (Lipinski definition) is 2. The van der Waals surface area contributed by atoms with Gasteiger partial charge in [-0.05, 0) is 51.2 Å². The van der Waals surface area contributed by atoms with Crippen LogP contribution < -0.4 is 11.1 Å². The lowest BCUT2D eigenvalue weighted by Gasteiger charge is -2.31. The van der Waals surface area contributed by atoms with Gasteiger partial charge in [-0.1, -0.05) is 12.8 Å². The normalized spacial score (nSPS) is 22.7.